The Balaban J connectivity index is 0.882. The number of aromatic nitrogens is 4. The van der Waals surface area contributed by atoms with Crippen LogP contribution in [-0.2, 0) is 10.8 Å². The van der Waals surface area contributed by atoms with Crippen molar-refractivity contribution in [1.82, 2.24) is 19.1 Å². The van der Waals surface area contributed by atoms with Gasteiger partial charge in [0, 0.05) is 76.8 Å². The van der Waals surface area contributed by atoms with Gasteiger partial charge in [-0.1, -0.05) is 210 Å². The molecule has 0 spiro atoms. The Labute approximate surface area is 475 Å². The molecule has 4 aromatic heterocycles. The molecule has 11 aromatic carbocycles. The lowest BCUT2D eigenvalue weighted by Crippen LogP contribution is -2.15. The molecule has 0 aliphatic heterocycles. The minimum absolute atomic E-state index is 0.162. The highest BCUT2D eigenvalue weighted by Crippen LogP contribution is 2.52. The lowest BCUT2D eigenvalue weighted by molar-refractivity contribution is 0.660. The number of hydrogen-bond donors (Lipinski definition) is 0. The molecule has 386 valence electrons. The quantitative estimate of drug-likeness (QED) is 0.156. The molecule has 0 unspecified atom stereocenters. The van der Waals surface area contributed by atoms with E-state index in [1.807, 2.05) is 0 Å². The Morgan fingerprint density at radius 1 is 0.268 bits per heavy atom. The predicted molar refractivity (Wildman–Crippen MR) is 343 cm³/mol. The van der Waals surface area contributed by atoms with Crippen molar-refractivity contribution in [1.29, 1.82) is 0 Å². The first kappa shape index (κ1) is 46.7. The number of pyridine rings is 2. The number of para-hydroxylation sites is 4. The van der Waals surface area contributed by atoms with Crippen LogP contribution in [0.15, 0.2) is 255 Å². The zero-order valence-electron chi connectivity index (χ0n) is 46.0. The molecule has 0 fully saturated rings. The van der Waals surface area contributed by atoms with Crippen LogP contribution in [0.25, 0.3) is 144 Å². The Kier molecular flexibility index (Phi) is 9.79. The predicted octanol–water partition coefficient (Wildman–Crippen LogP) is 20.3. The van der Waals surface area contributed by atoms with E-state index >= 15 is 0 Å². The van der Waals surface area contributed by atoms with Gasteiger partial charge >= 0.3 is 0 Å². The van der Waals surface area contributed by atoms with Crippen molar-refractivity contribution >= 4 is 65.4 Å². The fourth-order valence-electron chi connectivity index (χ4n) is 14.4. The second-order valence-corrected chi connectivity index (χ2v) is 23.7. The lowest BCUT2D eigenvalue weighted by atomic mass is 9.81. The van der Waals surface area contributed by atoms with Gasteiger partial charge in [0.05, 0.1) is 44.5 Å². The molecule has 82 heavy (non-hydrogen) atoms. The van der Waals surface area contributed by atoms with Crippen LogP contribution in [0.5, 0.6) is 0 Å². The maximum Gasteiger partial charge on any atom is 0.0972 e. The van der Waals surface area contributed by atoms with E-state index < -0.39 is 0 Å². The molecular formula is C78H54N4. The zero-order valence-corrected chi connectivity index (χ0v) is 46.0. The van der Waals surface area contributed by atoms with Gasteiger partial charge in [0.15, 0.2) is 0 Å². The second-order valence-electron chi connectivity index (χ2n) is 23.7. The van der Waals surface area contributed by atoms with E-state index in [4.69, 9.17) is 9.97 Å². The molecule has 0 atom stereocenters. The molecule has 0 saturated carbocycles. The van der Waals surface area contributed by atoms with E-state index in [1.54, 1.807) is 0 Å². The number of nitrogens with zero attached hydrogens (tertiary/aromatic N) is 4. The number of fused-ring (bicyclic) bond motifs is 15. The molecular weight excluding hydrogens is 993 g/mol. The van der Waals surface area contributed by atoms with Gasteiger partial charge in [0.25, 0.3) is 0 Å². The first-order valence-corrected chi connectivity index (χ1v) is 28.6. The van der Waals surface area contributed by atoms with Crippen molar-refractivity contribution < 1.29 is 0 Å². The molecule has 0 saturated heterocycles. The van der Waals surface area contributed by atoms with Gasteiger partial charge in [-0.05, 0) is 128 Å². The Bertz CT molecular complexity index is 4770. The normalized spacial score (nSPS) is 13.8. The van der Waals surface area contributed by atoms with Gasteiger partial charge in [-0.2, -0.15) is 0 Å². The van der Waals surface area contributed by atoms with E-state index in [2.05, 4.69) is 292 Å². The van der Waals surface area contributed by atoms with Gasteiger partial charge in [-0.25, -0.2) is 9.97 Å². The highest BCUT2D eigenvalue weighted by atomic mass is 15.0. The molecule has 4 heterocycles. The Morgan fingerprint density at radius 2 is 0.585 bits per heavy atom. The van der Waals surface area contributed by atoms with Crippen molar-refractivity contribution in [2.24, 2.45) is 0 Å². The summed E-state index contributed by atoms with van der Waals surface area (Å²) in [5.74, 6) is 0. The third kappa shape index (κ3) is 6.66. The smallest absolute Gasteiger partial charge is 0.0972 e. The molecule has 2 aliphatic carbocycles. The van der Waals surface area contributed by atoms with Crippen molar-refractivity contribution in [3.63, 3.8) is 0 Å². The third-order valence-corrected chi connectivity index (χ3v) is 18.5. The van der Waals surface area contributed by atoms with Gasteiger partial charge in [0.2, 0.25) is 0 Å². The third-order valence-electron chi connectivity index (χ3n) is 18.5. The summed E-state index contributed by atoms with van der Waals surface area (Å²) in [7, 11) is 0. The minimum atomic E-state index is -0.162. The molecule has 0 radical (unpaired) electrons. The molecule has 4 heteroatoms. The molecule has 2 aliphatic rings. The molecule has 4 nitrogen and oxygen atoms in total. The van der Waals surface area contributed by atoms with E-state index in [9.17, 15) is 0 Å². The van der Waals surface area contributed by atoms with Crippen molar-refractivity contribution in [2.75, 3.05) is 0 Å². The van der Waals surface area contributed by atoms with E-state index in [1.165, 1.54) is 88.1 Å². The average molecular weight is 1050 g/mol. The highest BCUT2D eigenvalue weighted by molar-refractivity contribution is 6.11. The minimum Gasteiger partial charge on any atom is -0.309 e. The molecule has 0 amide bonds. The Morgan fingerprint density at radius 3 is 0.963 bits per heavy atom. The van der Waals surface area contributed by atoms with E-state index in [-0.39, 0.29) is 10.8 Å². The fraction of sp³-hybridized carbons (Fsp3) is 0.0769. The van der Waals surface area contributed by atoms with E-state index in [0.717, 1.165) is 77.9 Å². The highest BCUT2D eigenvalue weighted by Gasteiger charge is 2.37. The fourth-order valence-corrected chi connectivity index (χ4v) is 14.4. The van der Waals surface area contributed by atoms with Crippen LogP contribution in [0.2, 0.25) is 0 Å². The lowest BCUT2D eigenvalue weighted by Gasteiger charge is -2.22. The van der Waals surface area contributed by atoms with E-state index in [0.29, 0.717) is 0 Å². The SMILES string of the molecule is CC1(C)c2ccccc2-c2ccc(-c3cc4ccc5cc(-c6ccc7c(c6)C(C)(C)c6ccccc6-7)c(-c6ccc(-n7c8ccccc8c8ccccc87)cc6)nc5c4nc3-c3ccc(-n4c5ccccc5c5ccccc54)cc3)cc21. The first-order chi connectivity index (χ1) is 40.2. The maximum atomic E-state index is 5.87. The topological polar surface area (TPSA) is 35.6 Å². The van der Waals surface area contributed by atoms with Crippen molar-refractivity contribution in [3.05, 3.63) is 277 Å². The van der Waals surface area contributed by atoms with Crippen LogP contribution in [0.4, 0.5) is 0 Å². The first-order valence-electron chi connectivity index (χ1n) is 28.6. The summed E-state index contributed by atoms with van der Waals surface area (Å²) in [6, 6.07) is 94.1. The number of hydrogen-bond acceptors (Lipinski definition) is 2. The average Bonchev–Trinajstić information content (AvgIpc) is 4.20. The molecule has 0 bridgehead atoms. The van der Waals surface area contributed by atoms with Gasteiger partial charge in [-0.3, -0.25) is 0 Å². The number of benzene rings is 11. The summed E-state index contributed by atoms with van der Waals surface area (Å²) in [5, 5.41) is 7.06. The van der Waals surface area contributed by atoms with Crippen LogP contribution in [0, 0.1) is 0 Å². The molecule has 0 N–H and O–H groups in total. The number of rotatable bonds is 6. The molecule has 15 aromatic rings. The van der Waals surface area contributed by atoms with Crippen LogP contribution < -0.4 is 0 Å². The van der Waals surface area contributed by atoms with Crippen molar-refractivity contribution in [3.8, 4) is 78.4 Å². The van der Waals surface area contributed by atoms with Crippen LogP contribution in [-0.4, -0.2) is 19.1 Å². The standard InChI is InChI=1S/C78H54N4/c1-77(2)65-23-11-5-17-55(65)57-41-35-49(45-67(57)77)63-43-51-29-30-52-44-64(50-36-42-58-56-18-6-12-24-66(56)78(3,4)68(58)46-50)74(48-33-39-54(40-34-48)82-71-27-15-9-21-61(71)62-22-10-16-28-72(62)82)80-76(52)75(51)79-73(63)47-31-37-53(38-32-47)81-69-25-13-7-19-59(69)60-20-8-14-26-70(60)81/h5-46H,1-4H3. The van der Waals surface area contributed by atoms with Gasteiger partial charge in [-0.15, -0.1) is 0 Å². The van der Waals surface area contributed by atoms with Crippen LogP contribution in [0.3, 0.4) is 0 Å². The summed E-state index contributed by atoms with van der Waals surface area (Å²) in [6.07, 6.45) is 0. The summed E-state index contributed by atoms with van der Waals surface area (Å²) in [4.78, 5) is 11.7. The summed E-state index contributed by atoms with van der Waals surface area (Å²) < 4.78 is 4.77. The summed E-state index contributed by atoms with van der Waals surface area (Å²) in [6.45, 7) is 9.44. The second kappa shape index (κ2) is 17.2. The Hall–Kier alpha value is -10.2. The summed E-state index contributed by atoms with van der Waals surface area (Å²) >= 11 is 0. The molecule has 17 rings (SSSR count). The van der Waals surface area contributed by atoms with Crippen LogP contribution in [0.1, 0.15) is 49.9 Å². The zero-order chi connectivity index (χ0) is 54.6. The van der Waals surface area contributed by atoms with Gasteiger partial charge in [0.1, 0.15) is 0 Å². The monoisotopic (exact) mass is 1050 g/mol. The summed E-state index contributed by atoms with van der Waals surface area (Å²) in [5.41, 5.74) is 27.4. The van der Waals surface area contributed by atoms with Crippen LogP contribution >= 0.6 is 0 Å². The van der Waals surface area contributed by atoms with Gasteiger partial charge < -0.3 is 9.13 Å². The largest absolute Gasteiger partial charge is 0.309 e. The van der Waals surface area contributed by atoms with Crippen molar-refractivity contribution in [2.45, 2.75) is 38.5 Å². The maximum absolute atomic E-state index is 5.87.